The second-order valence-electron chi connectivity index (χ2n) is 7.85. The van der Waals surface area contributed by atoms with Crippen molar-refractivity contribution in [2.45, 2.75) is 84.1 Å². The summed E-state index contributed by atoms with van der Waals surface area (Å²) in [7, 11) is 0. The Morgan fingerprint density at radius 3 is 1.88 bits per heavy atom. The molecule has 0 aromatic heterocycles. The first kappa shape index (κ1) is 26.0. The molecule has 0 aromatic rings. The van der Waals surface area contributed by atoms with Gasteiger partial charge in [0.25, 0.3) is 0 Å². The fourth-order valence-electron chi connectivity index (χ4n) is 3.37. The molecular weight excluding hydrogens is 432 g/mol. The van der Waals surface area contributed by atoms with E-state index in [0.717, 1.165) is 20.8 Å². The Hall–Kier alpha value is -2.28. The van der Waals surface area contributed by atoms with Crippen molar-refractivity contribution in [2.75, 3.05) is 19.8 Å². The standard InChI is InChI=1S/C20H30O12/c1-10(21)25-9-15-16(28-11(2)22)17(29-12(3)23)18(30-13(4)24)19(31-15)26-7-14-8-27-20(5,6)32-14/h14-19H,7-9H2,1-6H3/t14?,15-,16+,17+,18-,19-/m1/s1. The van der Waals surface area contributed by atoms with Gasteiger partial charge in [0.15, 0.2) is 30.4 Å². The van der Waals surface area contributed by atoms with Gasteiger partial charge in [0, 0.05) is 27.7 Å². The highest BCUT2D eigenvalue weighted by molar-refractivity contribution is 5.68. The van der Waals surface area contributed by atoms with Crippen LogP contribution in [-0.4, -0.2) is 86.3 Å². The lowest BCUT2D eigenvalue weighted by Crippen LogP contribution is -2.63. The molecule has 12 heteroatoms. The van der Waals surface area contributed by atoms with Crippen molar-refractivity contribution in [2.24, 2.45) is 0 Å². The maximum absolute atomic E-state index is 11.8. The largest absolute Gasteiger partial charge is 0.463 e. The van der Waals surface area contributed by atoms with Crippen molar-refractivity contribution >= 4 is 23.9 Å². The Morgan fingerprint density at radius 2 is 1.38 bits per heavy atom. The lowest BCUT2D eigenvalue weighted by molar-refractivity contribution is -0.311. The molecule has 6 atom stereocenters. The predicted octanol–water partition coefficient (Wildman–Crippen LogP) is 0.238. The van der Waals surface area contributed by atoms with Crippen LogP contribution in [0.15, 0.2) is 0 Å². The molecule has 2 aliphatic heterocycles. The molecule has 0 N–H and O–H groups in total. The molecule has 0 radical (unpaired) electrons. The summed E-state index contributed by atoms with van der Waals surface area (Å²) in [5, 5.41) is 0. The van der Waals surface area contributed by atoms with Crippen LogP contribution in [-0.2, 0) is 57.1 Å². The fourth-order valence-corrected chi connectivity index (χ4v) is 3.37. The van der Waals surface area contributed by atoms with E-state index in [4.69, 9.17) is 37.9 Å². The van der Waals surface area contributed by atoms with E-state index in [-0.39, 0.29) is 19.8 Å². The van der Waals surface area contributed by atoms with Crippen LogP contribution >= 0.6 is 0 Å². The van der Waals surface area contributed by atoms with Crippen LogP contribution in [0.2, 0.25) is 0 Å². The van der Waals surface area contributed by atoms with Gasteiger partial charge in [-0.25, -0.2) is 0 Å². The molecule has 2 heterocycles. The zero-order valence-electron chi connectivity index (χ0n) is 19.0. The number of esters is 4. The van der Waals surface area contributed by atoms with E-state index in [0.29, 0.717) is 0 Å². The molecule has 12 nitrogen and oxygen atoms in total. The maximum atomic E-state index is 11.8. The van der Waals surface area contributed by atoms with Crippen molar-refractivity contribution in [3.05, 3.63) is 0 Å². The number of rotatable bonds is 8. The second kappa shape index (κ2) is 11.0. The van der Waals surface area contributed by atoms with Crippen LogP contribution in [0.4, 0.5) is 0 Å². The van der Waals surface area contributed by atoms with Gasteiger partial charge in [0.05, 0.1) is 13.2 Å². The fraction of sp³-hybridized carbons (Fsp3) is 0.800. The van der Waals surface area contributed by atoms with Gasteiger partial charge >= 0.3 is 23.9 Å². The van der Waals surface area contributed by atoms with Gasteiger partial charge in [-0.2, -0.15) is 0 Å². The van der Waals surface area contributed by atoms with Crippen LogP contribution in [0.25, 0.3) is 0 Å². The highest BCUT2D eigenvalue weighted by Gasteiger charge is 2.53. The zero-order valence-corrected chi connectivity index (χ0v) is 19.0. The van der Waals surface area contributed by atoms with Crippen molar-refractivity contribution in [3.63, 3.8) is 0 Å². The van der Waals surface area contributed by atoms with Crippen molar-refractivity contribution in [1.82, 2.24) is 0 Å². The molecule has 2 fully saturated rings. The third-order valence-corrected chi connectivity index (χ3v) is 4.46. The summed E-state index contributed by atoms with van der Waals surface area (Å²) in [6, 6.07) is 0. The van der Waals surface area contributed by atoms with Crippen LogP contribution in [0.5, 0.6) is 0 Å². The molecule has 2 rings (SSSR count). The van der Waals surface area contributed by atoms with Gasteiger partial charge < -0.3 is 37.9 Å². The molecule has 0 aliphatic carbocycles. The molecule has 0 aromatic carbocycles. The second-order valence-corrected chi connectivity index (χ2v) is 7.85. The van der Waals surface area contributed by atoms with Gasteiger partial charge in [0.1, 0.15) is 18.8 Å². The molecule has 0 spiro atoms. The van der Waals surface area contributed by atoms with Crippen LogP contribution < -0.4 is 0 Å². The monoisotopic (exact) mass is 462 g/mol. The number of carbonyl (C=O) groups is 4. The third-order valence-electron chi connectivity index (χ3n) is 4.46. The minimum atomic E-state index is -1.28. The Kier molecular flexibility index (Phi) is 8.96. The first-order valence-corrected chi connectivity index (χ1v) is 10.1. The molecule has 1 unspecified atom stereocenters. The number of carbonyl (C=O) groups excluding carboxylic acids is 4. The first-order chi connectivity index (χ1) is 14.9. The highest BCUT2D eigenvalue weighted by atomic mass is 16.8. The molecule has 32 heavy (non-hydrogen) atoms. The molecule has 182 valence electrons. The van der Waals surface area contributed by atoms with Crippen molar-refractivity contribution in [1.29, 1.82) is 0 Å². The third kappa shape index (κ3) is 7.69. The average Bonchev–Trinajstić information content (AvgIpc) is 3.00. The van der Waals surface area contributed by atoms with E-state index in [1.54, 1.807) is 13.8 Å². The van der Waals surface area contributed by atoms with E-state index in [9.17, 15) is 19.2 Å². The summed E-state index contributed by atoms with van der Waals surface area (Å²) >= 11 is 0. The predicted molar refractivity (Wildman–Crippen MR) is 103 cm³/mol. The van der Waals surface area contributed by atoms with E-state index in [1.165, 1.54) is 6.92 Å². The number of hydrogen-bond donors (Lipinski definition) is 0. The summed E-state index contributed by atoms with van der Waals surface area (Å²) in [6.07, 6.45) is -6.53. The number of hydrogen-bond acceptors (Lipinski definition) is 12. The minimum Gasteiger partial charge on any atom is -0.463 e. The van der Waals surface area contributed by atoms with Gasteiger partial charge in [-0.3, -0.25) is 19.2 Å². The Labute approximate surface area is 185 Å². The van der Waals surface area contributed by atoms with E-state index in [2.05, 4.69) is 0 Å². The van der Waals surface area contributed by atoms with Crippen LogP contribution in [0.3, 0.4) is 0 Å². The van der Waals surface area contributed by atoms with Gasteiger partial charge in [-0.1, -0.05) is 0 Å². The summed E-state index contributed by atoms with van der Waals surface area (Å²) in [6.45, 7) is 8.09. The Morgan fingerprint density at radius 1 is 0.812 bits per heavy atom. The maximum Gasteiger partial charge on any atom is 0.303 e. The van der Waals surface area contributed by atoms with Gasteiger partial charge in [0.2, 0.25) is 0 Å². The van der Waals surface area contributed by atoms with E-state index in [1.807, 2.05) is 0 Å². The first-order valence-electron chi connectivity index (χ1n) is 10.1. The summed E-state index contributed by atoms with van der Waals surface area (Å²) in [5.74, 6) is -3.51. The summed E-state index contributed by atoms with van der Waals surface area (Å²) in [5.41, 5.74) is 0. The van der Waals surface area contributed by atoms with Crippen molar-refractivity contribution < 1.29 is 57.1 Å². The lowest BCUT2D eigenvalue weighted by atomic mass is 9.98. The minimum absolute atomic E-state index is 0.00281. The Balaban J connectivity index is 2.28. The average molecular weight is 462 g/mol. The normalized spacial score (nSPS) is 31.4. The van der Waals surface area contributed by atoms with Gasteiger partial charge in [-0.15, -0.1) is 0 Å². The van der Waals surface area contributed by atoms with Crippen LogP contribution in [0.1, 0.15) is 41.5 Å². The Bertz CT molecular complexity index is 705. The lowest BCUT2D eigenvalue weighted by Gasteiger charge is -2.44. The van der Waals surface area contributed by atoms with E-state index >= 15 is 0 Å². The molecule has 0 saturated carbocycles. The van der Waals surface area contributed by atoms with E-state index < -0.39 is 66.5 Å². The molecule has 0 bridgehead atoms. The highest BCUT2D eigenvalue weighted by Crippen LogP contribution is 2.31. The molecule has 0 amide bonds. The van der Waals surface area contributed by atoms with Gasteiger partial charge in [-0.05, 0) is 13.8 Å². The smallest absolute Gasteiger partial charge is 0.303 e. The van der Waals surface area contributed by atoms with Crippen LogP contribution in [0, 0.1) is 0 Å². The molecule has 2 saturated heterocycles. The molecule has 2 aliphatic rings. The zero-order chi connectivity index (χ0) is 24.1. The molecular formula is C20H30O12. The summed E-state index contributed by atoms with van der Waals surface area (Å²) in [4.78, 5) is 46.6. The van der Waals surface area contributed by atoms with Crippen molar-refractivity contribution in [3.8, 4) is 0 Å². The number of ether oxygens (including phenoxy) is 8. The topological polar surface area (TPSA) is 142 Å². The quantitative estimate of drug-likeness (QED) is 0.360. The summed E-state index contributed by atoms with van der Waals surface area (Å²) < 4.78 is 43.8. The SMILES string of the molecule is CC(=O)OC[C@H]1O[C@@H](OCC2COC(C)(C)O2)[C@H](OC(C)=O)[C@@H](OC(C)=O)[C@H]1OC(C)=O.